The summed E-state index contributed by atoms with van der Waals surface area (Å²) in [6, 6.07) is 1.87. The summed E-state index contributed by atoms with van der Waals surface area (Å²) in [6.07, 6.45) is 0. The Kier molecular flexibility index (Phi) is 3.00. The Balaban J connectivity index is 1.85. The number of nitrogens with zero attached hydrogens (tertiary/aromatic N) is 3. The van der Waals surface area contributed by atoms with E-state index in [1.165, 1.54) is 0 Å². The number of aromatic nitrogens is 3. The van der Waals surface area contributed by atoms with Gasteiger partial charge in [0.05, 0.1) is 9.90 Å². The molecule has 0 atom stereocenters. The fourth-order valence-corrected chi connectivity index (χ4v) is 2.91. The zero-order valence-electron chi connectivity index (χ0n) is 9.11. The highest BCUT2D eigenvalue weighted by Crippen LogP contribution is 2.31. The molecule has 2 aromatic rings. The molecule has 7 heteroatoms. The van der Waals surface area contributed by atoms with Crippen molar-refractivity contribution in [2.45, 2.75) is 0 Å². The molecule has 1 fully saturated rings. The van der Waals surface area contributed by atoms with Crippen LogP contribution in [0, 0.1) is 0 Å². The van der Waals surface area contributed by atoms with Crippen molar-refractivity contribution in [3.05, 3.63) is 16.5 Å². The summed E-state index contributed by atoms with van der Waals surface area (Å²) >= 11 is 7.63. The molecule has 1 aliphatic heterocycles. The number of hydrogen-bond acceptors (Lipinski definition) is 5. The third-order valence-electron chi connectivity index (χ3n) is 2.71. The Bertz CT molecular complexity index is 502. The highest BCUT2D eigenvalue weighted by atomic mass is 35.5. The second-order valence-electron chi connectivity index (χ2n) is 3.82. The van der Waals surface area contributed by atoms with E-state index >= 15 is 0 Å². The molecule has 5 nitrogen and oxygen atoms in total. The van der Waals surface area contributed by atoms with Gasteiger partial charge in [0.1, 0.15) is 0 Å². The van der Waals surface area contributed by atoms with Crippen molar-refractivity contribution in [3.8, 4) is 10.7 Å². The third-order valence-corrected chi connectivity index (χ3v) is 4.05. The minimum atomic E-state index is 0.720. The van der Waals surface area contributed by atoms with Crippen molar-refractivity contribution in [3.63, 3.8) is 0 Å². The quantitative estimate of drug-likeness (QED) is 0.870. The van der Waals surface area contributed by atoms with E-state index in [2.05, 4.69) is 25.4 Å². The molecule has 0 aromatic carbocycles. The molecule has 1 saturated heterocycles. The topological polar surface area (TPSA) is 56.8 Å². The zero-order valence-corrected chi connectivity index (χ0v) is 10.7. The van der Waals surface area contributed by atoms with Gasteiger partial charge in [0.15, 0.2) is 5.82 Å². The van der Waals surface area contributed by atoms with E-state index < -0.39 is 0 Å². The molecule has 17 heavy (non-hydrogen) atoms. The largest absolute Gasteiger partial charge is 0.337 e. The molecule has 0 unspecified atom stereocenters. The van der Waals surface area contributed by atoms with Gasteiger partial charge in [-0.05, 0) is 11.4 Å². The van der Waals surface area contributed by atoms with Crippen molar-refractivity contribution in [2.75, 3.05) is 31.1 Å². The summed E-state index contributed by atoms with van der Waals surface area (Å²) in [6.45, 7) is 3.83. The average Bonchev–Trinajstić information content (AvgIpc) is 2.98. The van der Waals surface area contributed by atoms with Gasteiger partial charge in [-0.2, -0.15) is 4.98 Å². The lowest BCUT2D eigenvalue weighted by Crippen LogP contribution is -2.44. The zero-order chi connectivity index (χ0) is 11.7. The van der Waals surface area contributed by atoms with Gasteiger partial charge in [-0.1, -0.05) is 11.6 Å². The maximum Gasteiger partial charge on any atom is 0.245 e. The number of H-pyrrole nitrogens is 1. The highest BCUT2D eigenvalue weighted by Gasteiger charge is 2.16. The van der Waals surface area contributed by atoms with E-state index in [-0.39, 0.29) is 0 Å². The Morgan fingerprint density at radius 2 is 2.18 bits per heavy atom. The van der Waals surface area contributed by atoms with E-state index in [1.54, 1.807) is 11.3 Å². The van der Waals surface area contributed by atoms with Crippen LogP contribution in [0.4, 0.5) is 5.95 Å². The van der Waals surface area contributed by atoms with Gasteiger partial charge in [-0.3, -0.25) is 5.10 Å². The van der Waals surface area contributed by atoms with Gasteiger partial charge < -0.3 is 10.2 Å². The number of hydrogen-bond donors (Lipinski definition) is 2. The highest BCUT2D eigenvalue weighted by molar-refractivity contribution is 7.14. The first-order chi connectivity index (χ1) is 8.34. The monoisotopic (exact) mass is 269 g/mol. The first-order valence-corrected chi connectivity index (χ1v) is 6.72. The van der Waals surface area contributed by atoms with E-state index in [0.717, 1.165) is 47.9 Å². The molecule has 0 bridgehead atoms. The molecule has 0 radical (unpaired) electrons. The number of halogens is 1. The van der Waals surface area contributed by atoms with Gasteiger partial charge >= 0.3 is 0 Å². The van der Waals surface area contributed by atoms with Crippen LogP contribution in [0.5, 0.6) is 0 Å². The summed E-state index contributed by atoms with van der Waals surface area (Å²) in [4.78, 5) is 7.60. The predicted octanol–water partition coefficient (Wildman–Crippen LogP) is 1.60. The fourth-order valence-electron chi connectivity index (χ4n) is 1.82. The number of aromatic amines is 1. The summed E-state index contributed by atoms with van der Waals surface area (Å²) in [5.41, 5.74) is 0. The Morgan fingerprint density at radius 1 is 1.35 bits per heavy atom. The van der Waals surface area contributed by atoms with Crippen LogP contribution >= 0.6 is 22.9 Å². The second kappa shape index (κ2) is 4.64. The molecular formula is C10H12ClN5S. The van der Waals surface area contributed by atoms with E-state index in [4.69, 9.17) is 11.6 Å². The maximum atomic E-state index is 6.07. The van der Waals surface area contributed by atoms with Crippen molar-refractivity contribution in [2.24, 2.45) is 0 Å². The van der Waals surface area contributed by atoms with Crippen LogP contribution in [0.2, 0.25) is 5.02 Å². The number of thiophene rings is 1. The van der Waals surface area contributed by atoms with E-state index in [0.29, 0.717) is 0 Å². The normalized spacial score (nSPS) is 16.4. The van der Waals surface area contributed by atoms with E-state index in [1.807, 2.05) is 11.4 Å². The van der Waals surface area contributed by atoms with Gasteiger partial charge in [0.2, 0.25) is 5.95 Å². The van der Waals surface area contributed by atoms with Gasteiger partial charge in [-0.25, -0.2) is 0 Å². The molecule has 0 amide bonds. The van der Waals surface area contributed by atoms with Gasteiger partial charge in [-0.15, -0.1) is 16.4 Å². The number of anilines is 1. The lowest BCUT2D eigenvalue weighted by atomic mass is 10.4. The molecule has 0 spiro atoms. The van der Waals surface area contributed by atoms with Crippen LogP contribution in [0.15, 0.2) is 11.4 Å². The summed E-state index contributed by atoms with van der Waals surface area (Å²) in [5, 5.41) is 13.2. The van der Waals surface area contributed by atoms with Crippen molar-refractivity contribution < 1.29 is 0 Å². The first-order valence-electron chi connectivity index (χ1n) is 5.46. The van der Waals surface area contributed by atoms with Crippen LogP contribution in [0.1, 0.15) is 0 Å². The Morgan fingerprint density at radius 3 is 2.88 bits per heavy atom. The second-order valence-corrected chi connectivity index (χ2v) is 5.14. The fraction of sp³-hybridized carbons (Fsp3) is 0.400. The standard InChI is InChI=1S/C10H12ClN5S/c11-7-1-6-17-8(7)9-13-10(15-14-9)16-4-2-12-3-5-16/h1,6,12H,2-5H2,(H,13,14,15). The summed E-state index contributed by atoms with van der Waals surface area (Å²) in [7, 11) is 0. The predicted molar refractivity (Wildman–Crippen MR) is 69.8 cm³/mol. The molecule has 90 valence electrons. The third kappa shape index (κ3) is 2.15. The summed E-state index contributed by atoms with van der Waals surface area (Å²) < 4.78 is 0. The lowest BCUT2D eigenvalue weighted by molar-refractivity contribution is 0.580. The van der Waals surface area contributed by atoms with Crippen LogP contribution in [0.25, 0.3) is 10.7 Å². The lowest BCUT2D eigenvalue weighted by Gasteiger charge is -2.25. The van der Waals surface area contributed by atoms with Crippen molar-refractivity contribution in [1.82, 2.24) is 20.5 Å². The smallest absolute Gasteiger partial charge is 0.245 e. The molecule has 1 aliphatic rings. The molecular weight excluding hydrogens is 258 g/mol. The van der Waals surface area contributed by atoms with Gasteiger partial charge in [0.25, 0.3) is 0 Å². The molecule has 0 saturated carbocycles. The molecule has 0 aliphatic carbocycles. The number of piperazine rings is 1. The first kappa shape index (κ1) is 11.0. The average molecular weight is 270 g/mol. The van der Waals surface area contributed by atoms with Crippen LogP contribution in [0.3, 0.4) is 0 Å². The van der Waals surface area contributed by atoms with Gasteiger partial charge in [0, 0.05) is 26.2 Å². The minimum Gasteiger partial charge on any atom is -0.337 e. The molecule has 2 aromatic heterocycles. The molecule has 3 heterocycles. The maximum absolute atomic E-state index is 6.07. The van der Waals surface area contributed by atoms with Crippen LogP contribution in [-0.4, -0.2) is 41.4 Å². The van der Waals surface area contributed by atoms with Crippen molar-refractivity contribution in [1.29, 1.82) is 0 Å². The van der Waals surface area contributed by atoms with Crippen LogP contribution in [-0.2, 0) is 0 Å². The molecule has 3 rings (SSSR count). The SMILES string of the molecule is Clc1ccsc1-c1nc(N2CCNCC2)n[nH]1. The Hall–Kier alpha value is -1.11. The molecule has 2 N–H and O–H groups in total. The van der Waals surface area contributed by atoms with E-state index in [9.17, 15) is 0 Å². The minimum absolute atomic E-state index is 0.720. The number of rotatable bonds is 2. The van der Waals surface area contributed by atoms with Crippen LogP contribution < -0.4 is 10.2 Å². The Labute approximate surface area is 108 Å². The van der Waals surface area contributed by atoms with Crippen molar-refractivity contribution >= 4 is 28.9 Å². The number of nitrogens with one attached hydrogen (secondary N) is 2. The summed E-state index contributed by atoms with van der Waals surface area (Å²) in [5.74, 6) is 1.50.